The molecule has 3 aromatic carbocycles. The number of carbonyl (C=O) groups excluding carboxylic acids is 2. The van der Waals surface area contributed by atoms with Crippen LogP contribution in [0.4, 0.5) is 5.69 Å². The van der Waals surface area contributed by atoms with Gasteiger partial charge in [0.05, 0.1) is 17.7 Å². The largest absolute Gasteiger partial charge is 0.497 e. The van der Waals surface area contributed by atoms with Crippen LogP contribution in [-0.2, 0) is 26.2 Å². The zero-order valence-corrected chi connectivity index (χ0v) is 23.3. The third kappa shape index (κ3) is 6.72. The summed E-state index contributed by atoms with van der Waals surface area (Å²) in [6.45, 7) is 5.29. The Morgan fingerprint density at radius 3 is 2.24 bits per heavy atom. The maximum Gasteiger partial charge on any atom is 0.264 e. The lowest BCUT2D eigenvalue weighted by molar-refractivity contribution is -0.140. The highest BCUT2D eigenvalue weighted by Gasteiger charge is 2.33. The van der Waals surface area contributed by atoms with Crippen LogP contribution in [0.25, 0.3) is 0 Å². The summed E-state index contributed by atoms with van der Waals surface area (Å²) < 4.78 is 34.1. The first-order valence-corrected chi connectivity index (χ1v) is 13.8. The maximum absolute atomic E-state index is 13.9. The summed E-state index contributed by atoms with van der Waals surface area (Å²) in [4.78, 5) is 28.2. The van der Waals surface area contributed by atoms with Gasteiger partial charge in [0.2, 0.25) is 11.8 Å². The monoisotopic (exact) mass is 537 g/mol. The molecule has 1 atom stereocenters. The van der Waals surface area contributed by atoms with Crippen molar-refractivity contribution in [2.24, 2.45) is 0 Å². The smallest absolute Gasteiger partial charge is 0.264 e. The minimum Gasteiger partial charge on any atom is -0.497 e. The maximum atomic E-state index is 13.9. The van der Waals surface area contributed by atoms with Crippen molar-refractivity contribution in [1.29, 1.82) is 0 Å². The number of methoxy groups -OCH3 is 1. The van der Waals surface area contributed by atoms with E-state index in [9.17, 15) is 18.0 Å². The predicted octanol–water partition coefficient (Wildman–Crippen LogP) is 4.06. The molecule has 202 valence electrons. The Bertz CT molecular complexity index is 1370. The normalized spacial score (nSPS) is 11.9. The fourth-order valence-electron chi connectivity index (χ4n) is 4.23. The predicted molar refractivity (Wildman–Crippen MR) is 149 cm³/mol. The molecule has 0 saturated carbocycles. The molecule has 0 aliphatic heterocycles. The summed E-state index contributed by atoms with van der Waals surface area (Å²) in [6.07, 6.45) is 0.362. The van der Waals surface area contributed by atoms with Crippen molar-refractivity contribution >= 4 is 27.5 Å². The van der Waals surface area contributed by atoms with Crippen molar-refractivity contribution in [3.05, 3.63) is 89.5 Å². The molecule has 0 unspecified atom stereocenters. The lowest BCUT2D eigenvalue weighted by Crippen LogP contribution is -2.51. The molecule has 0 aliphatic carbocycles. The van der Waals surface area contributed by atoms with Crippen molar-refractivity contribution in [1.82, 2.24) is 10.2 Å². The standard InChI is InChI=1S/C29H35N3O5S/c1-6-27(29(34)30-4)31(19-23-10-7-9-22(3)17-23)28(33)20-32(24-11-8-12-25(18-24)37-5)38(35,36)26-15-13-21(2)14-16-26/h7-18,27H,6,19-20H2,1-5H3,(H,30,34)/t27-/m1/s1. The van der Waals surface area contributed by atoms with E-state index in [0.29, 0.717) is 12.2 Å². The Morgan fingerprint density at radius 1 is 0.947 bits per heavy atom. The van der Waals surface area contributed by atoms with Gasteiger partial charge in [0.1, 0.15) is 18.3 Å². The third-order valence-corrected chi connectivity index (χ3v) is 8.08. The topological polar surface area (TPSA) is 96.0 Å². The van der Waals surface area contributed by atoms with Crippen molar-refractivity contribution < 1.29 is 22.7 Å². The van der Waals surface area contributed by atoms with Crippen molar-refractivity contribution in [2.45, 2.75) is 44.7 Å². The van der Waals surface area contributed by atoms with Crippen LogP contribution in [-0.4, -0.2) is 51.9 Å². The second-order valence-corrected chi connectivity index (χ2v) is 10.9. The van der Waals surface area contributed by atoms with Crippen LogP contribution in [0.2, 0.25) is 0 Å². The number of amides is 2. The van der Waals surface area contributed by atoms with Gasteiger partial charge in [-0.1, -0.05) is 60.5 Å². The summed E-state index contributed by atoms with van der Waals surface area (Å²) in [5.41, 5.74) is 3.05. The summed E-state index contributed by atoms with van der Waals surface area (Å²) in [5, 5.41) is 2.63. The Kier molecular flexibility index (Phi) is 9.52. The van der Waals surface area contributed by atoms with Crippen molar-refractivity contribution in [3.8, 4) is 5.75 Å². The van der Waals surface area contributed by atoms with E-state index in [4.69, 9.17) is 4.74 Å². The average molecular weight is 538 g/mol. The Hall–Kier alpha value is -3.85. The average Bonchev–Trinajstić information content (AvgIpc) is 2.91. The minimum absolute atomic E-state index is 0.0577. The highest BCUT2D eigenvalue weighted by atomic mass is 32.2. The number of carbonyl (C=O) groups is 2. The minimum atomic E-state index is -4.13. The molecule has 2 amide bonds. The molecule has 3 rings (SSSR count). The van der Waals surface area contributed by atoms with E-state index in [1.807, 2.05) is 45.0 Å². The first-order valence-electron chi connectivity index (χ1n) is 12.4. The number of likely N-dealkylation sites (N-methyl/N-ethyl adjacent to an activating group) is 1. The van der Waals surface area contributed by atoms with Gasteiger partial charge in [0.15, 0.2) is 0 Å². The molecule has 8 nitrogen and oxygen atoms in total. The number of nitrogens with one attached hydrogen (secondary N) is 1. The fourth-order valence-corrected chi connectivity index (χ4v) is 5.63. The SMILES string of the molecule is CC[C@H](C(=O)NC)N(Cc1cccc(C)c1)C(=O)CN(c1cccc(OC)c1)S(=O)(=O)c1ccc(C)cc1. The van der Waals surface area contributed by atoms with Crippen molar-refractivity contribution in [2.75, 3.05) is 25.0 Å². The van der Waals surface area contributed by atoms with Gasteiger partial charge in [-0.2, -0.15) is 0 Å². The zero-order valence-electron chi connectivity index (χ0n) is 22.5. The van der Waals surface area contributed by atoms with Crippen LogP contribution in [0.1, 0.15) is 30.0 Å². The van der Waals surface area contributed by atoms with E-state index in [2.05, 4.69) is 5.32 Å². The highest BCUT2D eigenvalue weighted by molar-refractivity contribution is 7.92. The number of aryl methyl sites for hydroxylation is 2. The number of anilines is 1. The molecule has 0 spiro atoms. The molecule has 0 fully saturated rings. The van der Waals surface area contributed by atoms with Crippen LogP contribution < -0.4 is 14.4 Å². The van der Waals surface area contributed by atoms with Gasteiger partial charge in [0, 0.05) is 19.7 Å². The van der Waals surface area contributed by atoms with Gasteiger partial charge >= 0.3 is 0 Å². The van der Waals surface area contributed by atoms with Crippen LogP contribution >= 0.6 is 0 Å². The second-order valence-electron chi connectivity index (χ2n) is 9.08. The van der Waals surface area contributed by atoms with Crippen LogP contribution in [0.5, 0.6) is 5.75 Å². The summed E-state index contributed by atoms with van der Waals surface area (Å²) in [7, 11) is -1.13. The number of sulfonamides is 1. The second kappa shape index (κ2) is 12.6. The number of benzene rings is 3. The quantitative estimate of drug-likeness (QED) is 0.398. The summed E-state index contributed by atoms with van der Waals surface area (Å²) >= 11 is 0. The molecule has 0 aromatic heterocycles. The summed E-state index contributed by atoms with van der Waals surface area (Å²) in [6, 6.07) is 19.9. The molecule has 0 radical (unpaired) electrons. The Labute approximate surface area is 225 Å². The van der Waals surface area contributed by atoms with E-state index < -0.39 is 28.5 Å². The number of hydrogen-bond acceptors (Lipinski definition) is 5. The first kappa shape index (κ1) is 28.7. The van der Waals surface area contributed by atoms with Crippen LogP contribution in [0, 0.1) is 13.8 Å². The zero-order chi connectivity index (χ0) is 27.9. The number of rotatable bonds is 11. The molecule has 0 bridgehead atoms. The molecule has 3 aromatic rings. The number of hydrogen-bond donors (Lipinski definition) is 1. The van der Waals surface area contributed by atoms with E-state index >= 15 is 0 Å². The third-order valence-electron chi connectivity index (χ3n) is 6.30. The van der Waals surface area contributed by atoms with Gasteiger partial charge in [-0.05, 0) is 50.1 Å². The molecular formula is C29H35N3O5S. The molecule has 0 saturated heterocycles. The number of ether oxygens (including phenoxy) is 1. The lowest BCUT2D eigenvalue weighted by Gasteiger charge is -2.33. The first-order chi connectivity index (χ1) is 18.1. The molecular weight excluding hydrogens is 502 g/mol. The molecule has 1 N–H and O–H groups in total. The summed E-state index contributed by atoms with van der Waals surface area (Å²) in [5.74, 6) is -0.365. The van der Waals surface area contributed by atoms with Gasteiger partial charge in [-0.25, -0.2) is 8.42 Å². The van der Waals surface area contributed by atoms with Gasteiger partial charge in [0.25, 0.3) is 10.0 Å². The molecule has 0 aliphatic rings. The number of nitrogens with zero attached hydrogens (tertiary/aromatic N) is 2. The lowest BCUT2D eigenvalue weighted by atomic mass is 10.1. The molecule has 38 heavy (non-hydrogen) atoms. The van der Waals surface area contributed by atoms with Crippen molar-refractivity contribution in [3.63, 3.8) is 0 Å². The van der Waals surface area contributed by atoms with Gasteiger partial charge in [-0.15, -0.1) is 0 Å². The molecule has 9 heteroatoms. The van der Waals surface area contributed by atoms with Crippen LogP contribution in [0.3, 0.4) is 0 Å². The van der Waals surface area contributed by atoms with Gasteiger partial charge < -0.3 is 15.0 Å². The van der Waals surface area contributed by atoms with Crippen LogP contribution in [0.15, 0.2) is 77.7 Å². The van der Waals surface area contributed by atoms with E-state index in [1.165, 1.54) is 31.2 Å². The van der Waals surface area contributed by atoms with E-state index in [0.717, 1.165) is 21.0 Å². The van der Waals surface area contributed by atoms with Gasteiger partial charge in [-0.3, -0.25) is 13.9 Å². The van der Waals surface area contributed by atoms with E-state index in [-0.39, 0.29) is 23.0 Å². The Morgan fingerprint density at radius 2 is 1.63 bits per heavy atom. The van der Waals surface area contributed by atoms with E-state index in [1.54, 1.807) is 36.4 Å². The molecule has 0 heterocycles. The highest BCUT2D eigenvalue weighted by Crippen LogP contribution is 2.28. The fraction of sp³-hybridized carbons (Fsp3) is 0.310. The Balaban J connectivity index is 2.08.